The Bertz CT molecular complexity index is 1630. The van der Waals surface area contributed by atoms with Crippen molar-refractivity contribution < 1.29 is 24.0 Å². The number of carbonyl (C=O) groups is 5. The molecule has 11 nitrogen and oxygen atoms in total. The first kappa shape index (κ1) is 35.3. The maximum Gasteiger partial charge on any atom is 0.255 e. The molecule has 1 fully saturated rings. The highest BCUT2D eigenvalue weighted by atomic mass is 35.5. The summed E-state index contributed by atoms with van der Waals surface area (Å²) in [5, 5.41) is 12.2. The summed E-state index contributed by atoms with van der Waals surface area (Å²) in [6.45, 7) is 8.60. The average molecular weight is 663 g/mol. The zero-order valence-electron chi connectivity index (χ0n) is 27.4. The van der Waals surface area contributed by atoms with Gasteiger partial charge in [0, 0.05) is 35.1 Å². The van der Waals surface area contributed by atoms with Gasteiger partial charge >= 0.3 is 0 Å². The zero-order chi connectivity index (χ0) is 34.2. The largest absolute Gasteiger partial charge is 0.350 e. The van der Waals surface area contributed by atoms with Crippen molar-refractivity contribution in [3.8, 4) is 0 Å². The molecule has 0 aliphatic carbocycles. The Labute approximate surface area is 280 Å². The van der Waals surface area contributed by atoms with Crippen molar-refractivity contribution in [3.63, 3.8) is 0 Å². The van der Waals surface area contributed by atoms with Crippen molar-refractivity contribution in [1.82, 2.24) is 31.2 Å². The predicted octanol–water partition coefficient (Wildman–Crippen LogP) is 3.31. The van der Waals surface area contributed by atoms with E-state index in [2.05, 4.69) is 26.3 Å². The van der Waals surface area contributed by atoms with E-state index in [1.54, 1.807) is 31.2 Å². The van der Waals surface area contributed by atoms with E-state index in [9.17, 15) is 24.0 Å². The summed E-state index contributed by atoms with van der Waals surface area (Å²) in [6, 6.07) is 12.5. The third-order valence-corrected chi connectivity index (χ3v) is 8.29. The first-order chi connectivity index (χ1) is 22.3. The minimum Gasteiger partial charge on any atom is -0.350 e. The lowest BCUT2D eigenvalue weighted by Crippen LogP contribution is -2.57. The second-order valence-corrected chi connectivity index (χ2v) is 12.9. The fraction of sp³-hybridized carbons (Fsp3) is 0.429. The first-order valence-corrected chi connectivity index (χ1v) is 16.3. The monoisotopic (exact) mass is 662 g/mol. The number of nitrogens with zero attached hydrogens (tertiary/aromatic N) is 2. The van der Waals surface area contributed by atoms with Gasteiger partial charge in [-0.25, -0.2) is 0 Å². The fourth-order valence-corrected chi connectivity index (χ4v) is 5.77. The molecule has 0 saturated carbocycles. The van der Waals surface area contributed by atoms with Crippen LogP contribution >= 0.6 is 11.6 Å². The van der Waals surface area contributed by atoms with Gasteiger partial charge in [0.1, 0.15) is 18.1 Å². The maximum atomic E-state index is 14.2. The van der Waals surface area contributed by atoms with Gasteiger partial charge in [0.15, 0.2) is 0 Å². The number of amides is 5. The lowest BCUT2D eigenvalue weighted by Gasteiger charge is -2.29. The number of pyridine rings is 1. The van der Waals surface area contributed by atoms with Crippen molar-refractivity contribution >= 4 is 52.0 Å². The highest BCUT2D eigenvalue weighted by Crippen LogP contribution is 2.24. The lowest BCUT2D eigenvalue weighted by molar-refractivity contribution is -0.133. The van der Waals surface area contributed by atoms with E-state index < -0.39 is 53.7 Å². The summed E-state index contributed by atoms with van der Waals surface area (Å²) >= 11 is 6.29. The van der Waals surface area contributed by atoms with Gasteiger partial charge in [-0.15, -0.1) is 0 Å². The lowest BCUT2D eigenvalue weighted by atomic mass is 10.0. The molecule has 0 unspecified atom stereocenters. The standard InChI is InChI=1S/C35H43ClN6O5/c1-6-25-18-42(35(47)27-15-21(4)37-28-13-12-24(36)17-26(27)28)19-31(43)38-22(5)32(44)40-29(14-20(2)3)34(46)41-30(33(45)39-25)16-23-10-8-7-9-11-23/h7-13,15,17,20,22,25,29-30H,6,14,16,18-19H2,1-5H3,(H,38,43)(H,39,45)(H,40,44)(H,41,46)/t22-,25+,29+,30+/m1/s1. The molecule has 3 aromatic rings. The van der Waals surface area contributed by atoms with Gasteiger partial charge in [-0.2, -0.15) is 0 Å². The van der Waals surface area contributed by atoms with E-state index in [4.69, 9.17) is 11.6 Å². The molecule has 47 heavy (non-hydrogen) atoms. The second-order valence-electron chi connectivity index (χ2n) is 12.5. The van der Waals surface area contributed by atoms with Crippen molar-refractivity contribution in [2.24, 2.45) is 5.92 Å². The smallest absolute Gasteiger partial charge is 0.255 e. The molecule has 0 radical (unpaired) electrons. The van der Waals surface area contributed by atoms with E-state index in [1.807, 2.05) is 51.1 Å². The quantitative estimate of drug-likeness (QED) is 0.318. The van der Waals surface area contributed by atoms with Gasteiger partial charge in [0.2, 0.25) is 23.6 Å². The average Bonchev–Trinajstić information content (AvgIpc) is 3.02. The van der Waals surface area contributed by atoms with Crippen molar-refractivity contribution in [2.45, 2.75) is 78.0 Å². The van der Waals surface area contributed by atoms with Crippen LogP contribution in [0.5, 0.6) is 0 Å². The van der Waals surface area contributed by atoms with Crippen LogP contribution in [0.1, 0.15) is 62.2 Å². The highest BCUT2D eigenvalue weighted by molar-refractivity contribution is 6.31. The Morgan fingerprint density at radius 2 is 1.62 bits per heavy atom. The molecule has 5 amide bonds. The highest BCUT2D eigenvalue weighted by Gasteiger charge is 2.32. The van der Waals surface area contributed by atoms with Crippen LogP contribution in [0.3, 0.4) is 0 Å². The Kier molecular flexibility index (Phi) is 11.9. The number of benzene rings is 2. The molecule has 0 spiro atoms. The molecular weight excluding hydrogens is 620 g/mol. The van der Waals surface area contributed by atoms with E-state index in [-0.39, 0.29) is 25.4 Å². The van der Waals surface area contributed by atoms with E-state index >= 15 is 0 Å². The summed E-state index contributed by atoms with van der Waals surface area (Å²) < 4.78 is 0. The third-order valence-electron chi connectivity index (χ3n) is 8.06. The molecule has 12 heteroatoms. The van der Waals surface area contributed by atoms with Gasteiger partial charge in [0.05, 0.1) is 17.6 Å². The molecule has 1 aromatic heterocycles. The third kappa shape index (κ3) is 9.51. The topological polar surface area (TPSA) is 150 Å². The van der Waals surface area contributed by atoms with Crippen molar-refractivity contribution in [1.29, 1.82) is 0 Å². The van der Waals surface area contributed by atoms with Gasteiger partial charge < -0.3 is 26.2 Å². The zero-order valence-corrected chi connectivity index (χ0v) is 28.2. The van der Waals surface area contributed by atoms with Crippen molar-refractivity contribution in [2.75, 3.05) is 13.1 Å². The summed E-state index contributed by atoms with van der Waals surface area (Å²) in [5.41, 5.74) is 2.31. The summed E-state index contributed by atoms with van der Waals surface area (Å²) in [7, 11) is 0. The Hall–Kier alpha value is -4.51. The maximum absolute atomic E-state index is 14.2. The summed E-state index contributed by atoms with van der Waals surface area (Å²) in [6.07, 6.45) is 0.956. The number of aryl methyl sites for hydroxylation is 1. The van der Waals surface area contributed by atoms with Crippen LogP contribution in [-0.2, 0) is 25.6 Å². The Balaban J connectivity index is 1.73. The van der Waals surface area contributed by atoms with E-state index in [0.717, 1.165) is 5.56 Å². The van der Waals surface area contributed by atoms with Crippen LogP contribution < -0.4 is 21.3 Å². The van der Waals surface area contributed by atoms with Crippen molar-refractivity contribution in [3.05, 3.63) is 76.4 Å². The van der Waals surface area contributed by atoms with Gasteiger partial charge in [0.25, 0.3) is 5.91 Å². The van der Waals surface area contributed by atoms with Crippen LogP contribution in [0.15, 0.2) is 54.6 Å². The van der Waals surface area contributed by atoms with Gasteiger partial charge in [-0.1, -0.05) is 62.7 Å². The normalized spacial score (nSPS) is 21.7. The molecule has 1 saturated heterocycles. The molecule has 250 valence electrons. The van der Waals surface area contributed by atoms with Crippen LogP contribution in [0.4, 0.5) is 0 Å². The van der Waals surface area contributed by atoms with Gasteiger partial charge in [-0.3, -0.25) is 29.0 Å². The minimum atomic E-state index is -1.00. The molecule has 1 aliphatic rings. The van der Waals surface area contributed by atoms with Crippen LogP contribution in [0.25, 0.3) is 10.9 Å². The van der Waals surface area contributed by atoms with Gasteiger partial charge in [-0.05, 0) is 62.4 Å². The molecule has 4 atom stereocenters. The minimum absolute atomic E-state index is 0.0134. The number of rotatable bonds is 6. The van der Waals surface area contributed by atoms with Crippen LogP contribution in [-0.4, -0.2) is 76.7 Å². The first-order valence-electron chi connectivity index (χ1n) is 15.9. The molecule has 2 heterocycles. The molecule has 4 rings (SSSR count). The van der Waals surface area contributed by atoms with E-state index in [1.165, 1.54) is 11.8 Å². The number of halogens is 1. The van der Waals surface area contributed by atoms with E-state index in [0.29, 0.717) is 40.0 Å². The Morgan fingerprint density at radius 3 is 2.30 bits per heavy atom. The molecular formula is C35H43ClN6O5. The number of hydrogen-bond donors (Lipinski definition) is 4. The van der Waals surface area contributed by atoms with Crippen LogP contribution in [0, 0.1) is 12.8 Å². The number of hydrogen-bond acceptors (Lipinski definition) is 6. The number of carbonyl (C=O) groups excluding carboxylic acids is 5. The summed E-state index contributed by atoms with van der Waals surface area (Å²) in [5.74, 6) is -2.49. The second kappa shape index (κ2) is 15.9. The number of aromatic nitrogens is 1. The molecule has 0 bridgehead atoms. The molecule has 4 N–H and O–H groups in total. The predicted molar refractivity (Wildman–Crippen MR) is 181 cm³/mol. The number of fused-ring (bicyclic) bond motifs is 1. The van der Waals surface area contributed by atoms with Crippen LogP contribution in [0.2, 0.25) is 5.02 Å². The molecule has 1 aliphatic heterocycles. The number of nitrogens with one attached hydrogen (secondary N) is 4. The fourth-order valence-electron chi connectivity index (χ4n) is 5.60. The molecule has 2 aromatic carbocycles. The summed E-state index contributed by atoms with van der Waals surface area (Å²) in [4.78, 5) is 74.2. The Morgan fingerprint density at radius 1 is 0.936 bits per heavy atom. The SMILES string of the molecule is CC[C@H]1CN(C(=O)c2cc(C)nc3ccc(Cl)cc23)CC(=O)N[C@H](C)C(=O)N[C@@H](CC(C)C)C(=O)N[C@@H](Cc2ccccc2)C(=O)N1.